The standard InChI is InChI=1S/C15H25N3/c1-11(2)12-4-6-13(7-5-12)15(16)14-10-17-8-9-18(14)3/h4-7,11,14-15,17H,8-10,16H2,1-3H3. The summed E-state index contributed by atoms with van der Waals surface area (Å²) in [6.45, 7) is 7.54. The summed E-state index contributed by atoms with van der Waals surface area (Å²) in [5.74, 6) is 0.578. The van der Waals surface area contributed by atoms with Gasteiger partial charge in [-0.1, -0.05) is 38.1 Å². The zero-order valence-corrected chi connectivity index (χ0v) is 11.7. The molecule has 0 saturated carbocycles. The summed E-state index contributed by atoms with van der Waals surface area (Å²) in [7, 11) is 2.16. The Balaban J connectivity index is 2.10. The van der Waals surface area contributed by atoms with Crippen molar-refractivity contribution in [3.8, 4) is 0 Å². The van der Waals surface area contributed by atoms with Gasteiger partial charge in [-0.2, -0.15) is 0 Å². The molecule has 1 aliphatic rings. The number of rotatable bonds is 3. The van der Waals surface area contributed by atoms with E-state index >= 15 is 0 Å². The van der Waals surface area contributed by atoms with Gasteiger partial charge in [-0.15, -0.1) is 0 Å². The highest BCUT2D eigenvalue weighted by Crippen LogP contribution is 2.22. The molecule has 1 heterocycles. The van der Waals surface area contributed by atoms with Crippen molar-refractivity contribution >= 4 is 0 Å². The van der Waals surface area contributed by atoms with Gasteiger partial charge in [-0.3, -0.25) is 4.90 Å². The molecule has 3 nitrogen and oxygen atoms in total. The Morgan fingerprint density at radius 2 is 1.83 bits per heavy atom. The minimum atomic E-state index is 0.0870. The van der Waals surface area contributed by atoms with Gasteiger partial charge in [0.15, 0.2) is 0 Å². The van der Waals surface area contributed by atoms with Crippen LogP contribution in [-0.4, -0.2) is 37.6 Å². The van der Waals surface area contributed by atoms with Gasteiger partial charge in [0.1, 0.15) is 0 Å². The largest absolute Gasteiger partial charge is 0.323 e. The van der Waals surface area contributed by atoms with Crippen molar-refractivity contribution in [2.24, 2.45) is 5.73 Å². The van der Waals surface area contributed by atoms with Gasteiger partial charge in [-0.25, -0.2) is 0 Å². The zero-order chi connectivity index (χ0) is 13.1. The van der Waals surface area contributed by atoms with Crippen molar-refractivity contribution in [1.82, 2.24) is 10.2 Å². The molecule has 0 aromatic heterocycles. The van der Waals surface area contributed by atoms with Crippen molar-refractivity contribution in [3.05, 3.63) is 35.4 Å². The Morgan fingerprint density at radius 1 is 1.22 bits per heavy atom. The van der Waals surface area contributed by atoms with E-state index in [1.165, 1.54) is 11.1 Å². The minimum Gasteiger partial charge on any atom is -0.323 e. The number of nitrogens with two attached hydrogens (primary N) is 1. The van der Waals surface area contributed by atoms with Gasteiger partial charge in [0.25, 0.3) is 0 Å². The van der Waals surface area contributed by atoms with Gasteiger partial charge in [0.05, 0.1) is 0 Å². The number of nitrogens with one attached hydrogen (secondary N) is 1. The second kappa shape index (κ2) is 5.83. The van der Waals surface area contributed by atoms with E-state index in [-0.39, 0.29) is 6.04 Å². The summed E-state index contributed by atoms with van der Waals surface area (Å²) in [4.78, 5) is 2.36. The molecule has 1 aromatic carbocycles. The quantitative estimate of drug-likeness (QED) is 0.854. The van der Waals surface area contributed by atoms with E-state index in [0.29, 0.717) is 12.0 Å². The van der Waals surface area contributed by atoms with Crippen LogP contribution < -0.4 is 11.1 Å². The summed E-state index contributed by atoms with van der Waals surface area (Å²) < 4.78 is 0. The van der Waals surface area contributed by atoms with E-state index < -0.39 is 0 Å². The molecule has 0 amide bonds. The SMILES string of the molecule is CC(C)c1ccc(C(N)C2CNCCN2C)cc1. The number of likely N-dealkylation sites (N-methyl/N-ethyl adjacent to an activating group) is 1. The van der Waals surface area contributed by atoms with Crippen molar-refractivity contribution in [1.29, 1.82) is 0 Å². The highest BCUT2D eigenvalue weighted by Gasteiger charge is 2.25. The maximum atomic E-state index is 6.40. The molecule has 100 valence electrons. The topological polar surface area (TPSA) is 41.3 Å². The molecule has 1 saturated heterocycles. The van der Waals surface area contributed by atoms with Crippen LogP contribution in [0.1, 0.15) is 36.9 Å². The molecular formula is C15H25N3. The molecular weight excluding hydrogens is 222 g/mol. The van der Waals surface area contributed by atoms with Gasteiger partial charge in [0, 0.05) is 31.7 Å². The average molecular weight is 247 g/mol. The summed E-state index contributed by atoms with van der Waals surface area (Å²) >= 11 is 0. The van der Waals surface area contributed by atoms with Crippen LogP contribution in [0, 0.1) is 0 Å². The summed E-state index contributed by atoms with van der Waals surface area (Å²) in [5, 5.41) is 3.42. The fraction of sp³-hybridized carbons (Fsp3) is 0.600. The fourth-order valence-electron chi connectivity index (χ4n) is 2.55. The second-order valence-corrected chi connectivity index (χ2v) is 5.60. The first-order valence-corrected chi connectivity index (χ1v) is 6.86. The molecule has 2 atom stereocenters. The van der Waals surface area contributed by atoms with Crippen LogP contribution >= 0.6 is 0 Å². The second-order valence-electron chi connectivity index (χ2n) is 5.60. The van der Waals surface area contributed by atoms with Crippen molar-refractivity contribution in [2.45, 2.75) is 31.8 Å². The number of benzene rings is 1. The van der Waals surface area contributed by atoms with E-state index in [2.05, 4.69) is 55.4 Å². The van der Waals surface area contributed by atoms with Crippen LogP contribution in [0.3, 0.4) is 0 Å². The molecule has 0 spiro atoms. The van der Waals surface area contributed by atoms with Crippen LogP contribution in [0.2, 0.25) is 0 Å². The molecule has 2 rings (SSSR count). The van der Waals surface area contributed by atoms with E-state index in [9.17, 15) is 0 Å². The van der Waals surface area contributed by atoms with Crippen LogP contribution in [0.4, 0.5) is 0 Å². The summed E-state index contributed by atoms with van der Waals surface area (Å²) in [5.41, 5.74) is 9.02. The first-order chi connectivity index (χ1) is 8.59. The van der Waals surface area contributed by atoms with Gasteiger partial charge >= 0.3 is 0 Å². The first kappa shape index (κ1) is 13.5. The number of nitrogens with zero attached hydrogens (tertiary/aromatic N) is 1. The monoisotopic (exact) mass is 247 g/mol. The van der Waals surface area contributed by atoms with Crippen molar-refractivity contribution in [3.63, 3.8) is 0 Å². The molecule has 1 fully saturated rings. The molecule has 3 heteroatoms. The van der Waals surface area contributed by atoms with Crippen molar-refractivity contribution < 1.29 is 0 Å². The van der Waals surface area contributed by atoms with Gasteiger partial charge in [-0.05, 0) is 24.1 Å². The fourth-order valence-corrected chi connectivity index (χ4v) is 2.55. The lowest BCUT2D eigenvalue weighted by Gasteiger charge is -2.37. The summed E-state index contributed by atoms with van der Waals surface area (Å²) in [6, 6.07) is 9.25. The lowest BCUT2D eigenvalue weighted by molar-refractivity contribution is 0.174. The van der Waals surface area contributed by atoms with Crippen LogP contribution in [0.15, 0.2) is 24.3 Å². The Bertz CT molecular complexity index is 372. The molecule has 0 aliphatic carbocycles. The normalized spacial score (nSPS) is 23.3. The summed E-state index contributed by atoms with van der Waals surface area (Å²) in [6.07, 6.45) is 0. The highest BCUT2D eigenvalue weighted by atomic mass is 15.2. The molecule has 1 aliphatic heterocycles. The smallest absolute Gasteiger partial charge is 0.0465 e. The molecule has 1 aromatic rings. The molecule has 3 N–H and O–H groups in total. The van der Waals surface area contributed by atoms with Gasteiger partial charge < -0.3 is 11.1 Å². The lowest BCUT2D eigenvalue weighted by Crippen LogP contribution is -2.53. The maximum Gasteiger partial charge on any atom is 0.0465 e. The minimum absolute atomic E-state index is 0.0870. The van der Waals surface area contributed by atoms with Crippen LogP contribution in [0.25, 0.3) is 0 Å². The van der Waals surface area contributed by atoms with Crippen LogP contribution in [-0.2, 0) is 0 Å². The third-order valence-corrected chi connectivity index (χ3v) is 3.96. The average Bonchev–Trinajstić information content (AvgIpc) is 2.38. The maximum absolute atomic E-state index is 6.40. The Hall–Kier alpha value is -0.900. The van der Waals surface area contributed by atoms with Gasteiger partial charge in [0.2, 0.25) is 0 Å². The van der Waals surface area contributed by atoms with E-state index in [0.717, 1.165) is 19.6 Å². The number of piperazine rings is 1. The lowest BCUT2D eigenvalue weighted by atomic mass is 9.95. The zero-order valence-electron chi connectivity index (χ0n) is 11.7. The third kappa shape index (κ3) is 2.91. The Morgan fingerprint density at radius 3 is 2.39 bits per heavy atom. The Kier molecular flexibility index (Phi) is 4.38. The molecule has 18 heavy (non-hydrogen) atoms. The molecule has 0 radical (unpaired) electrons. The van der Waals surface area contributed by atoms with E-state index in [4.69, 9.17) is 5.73 Å². The van der Waals surface area contributed by atoms with Crippen LogP contribution in [0.5, 0.6) is 0 Å². The predicted molar refractivity (Wildman–Crippen MR) is 76.7 cm³/mol. The van der Waals surface area contributed by atoms with E-state index in [1.54, 1.807) is 0 Å². The third-order valence-electron chi connectivity index (χ3n) is 3.96. The Labute approximate surface area is 110 Å². The molecule has 2 unspecified atom stereocenters. The van der Waals surface area contributed by atoms with Crippen molar-refractivity contribution in [2.75, 3.05) is 26.7 Å². The first-order valence-electron chi connectivity index (χ1n) is 6.86. The predicted octanol–water partition coefficient (Wildman–Crippen LogP) is 1.71. The number of hydrogen-bond donors (Lipinski definition) is 2. The molecule has 0 bridgehead atoms. The number of hydrogen-bond acceptors (Lipinski definition) is 3. The van der Waals surface area contributed by atoms with E-state index in [1.807, 2.05) is 0 Å². The highest BCUT2D eigenvalue weighted by molar-refractivity contribution is 5.27.